The van der Waals surface area contributed by atoms with Gasteiger partial charge in [0, 0.05) is 6.08 Å². The molecule has 0 aliphatic carbocycles. The Morgan fingerprint density at radius 1 is 1.24 bits per heavy atom. The van der Waals surface area contributed by atoms with Crippen molar-refractivity contribution in [1.82, 2.24) is 10.9 Å². The fourth-order valence-electron chi connectivity index (χ4n) is 1.03. The molecule has 0 atom stereocenters. The van der Waals surface area contributed by atoms with E-state index in [-0.39, 0.29) is 6.42 Å². The van der Waals surface area contributed by atoms with E-state index in [1.807, 2.05) is 30.3 Å². The molecule has 86 valence electrons. The highest BCUT2D eigenvalue weighted by molar-refractivity contribution is 5.93. The molecule has 5 heteroatoms. The van der Waals surface area contributed by atoms with Crippen LogP contribution in [0.4, 0.5) is 0 Å². The number of hydrogen-bond donors (Lipinski definition) is 2. The van der Waals surface area contributed by atoms with Gasteiger partial charge in [-0.25, -0.2) is 0 Å². The Morgan fingerprint density at radius 2 is 1.94 bits per heavy atom. The molecule has 1 aromatic carbocycles. The van der Waals surface area contributed by atoms with Gasteiger partial charge in [0.25, 0.3) is 11.8 Å². The van der Waals surface area contributed by atoms with Gasteiger partial charge in [0.1, 0.15) is 6.42 Å². The number of nitrogens with one attached hydrogen (secondary N) is 2. The first kappa shape index (κ1) is 12.5. The minimum absolute atomic E-state index is 0.289. The predicted octanol–water partition coefficient (Wildman–Crippen LogP) is 0.761. The van der Waals surface area contributed by atoms with Gasteiger partial charge in [0.15, 0.2) is 0 Å². The number of hydrogen-bond acceptors (Lipinski definition) is 3. The molecule has 2 N–H and O–H groups in total. The molecular formula is C12H11N3O2. The number of carbonyl (C=O) groups excluding carboxylic acids is 2. The third-order valence-corrected chi connectivity index (χ3v) is 1.79. The minimum atomic E-state index is -0.547. The molecule has 1 rings (SSSR count). The van der Waals surface area contributed by atoms with Crippen LogP contribution in [0.1, 0.15) is 12.0 Å². The van der Waals surface area contributed by atoms with Crippen molar-refractivity contribution in [3.8, 4) is 6.07 Å². The molecule has 17 heavy (non-hydrogen) atoms. The SMILES string of the molecule is N#CCC(=O)NNC(=O)C=Cc1ccccc1. The summed E-state index contributed by atoms with van der Waals surface area (Å²) in [6, 6.07) is 10.9. The fraction of sp³-hybridized carbons (Fsp3) is 0.0833. The van der Waals surface area contributed by atoms with E-state index in [2.05, 4.69) is 10.9 Å². The maximum atomic E-state index is 11.2. The molecule has 0 aliphatic rings. The van der Waals surface area contributed by atoms with Crippen molar-refractivity contribution in [2.24, 2.45) is 0 Å². The van der Waals surface area contributed by atoms with Crippen LogP contribution in [0.5, 0.6) is 0 Å². The Bertz CT molecular complexity index is 460. The van der Waals surface area contributed by atoms with Gasteiger partial charge in [-0.15, -0.1) is 0 Å². The van der Waals surface area contributed by atoms with Crippen LogP contribution in [0.2, 0.25) is 0 Å². The topological polar surface area (TPSA) is 82.0 Å². The van der Waals surface area contributed by atoms with Crippen molar-refractivity contribution in [2.75, 3.05) is 0 Å². The fourth-order valence-corrected chi connectivity index (χ4v) is 1.03. The summed E-state index contributed by atoms with van der Waals surface area (Å²) < 4.78 is 0. The summed E-state index contributed by atoms with van der Waals surface area (Å²) in [5.41, 5.74) is 5.15. The lowest BCUT2D eigenvalue weighted by Gasteiger charge is -2.01. The Kier molecular flexibility index (Phi) is 4.98. The quantitative estimate of drug-likeness (QED) is 0.593. The number of nitriles is 1. The summed E-state index contributed by atoms with van der Waals surface area (Å²) in [4.78, 5) is 22.1. The van der Waals surface area contributed by atoms with Crippen LogP contribution in [-0.2, 0) is 9.59 Å². The zero-order chi connectivity index (χ0) is 12.5. The van der Waals surface area contributed by atoms with Crippen molar-refractivity contribution in [1.29, 1.82) is 5.26 Å². The van der Waals surface area contributed by atoms with Crippen molar-refractivity contribution in [3.63, 3.8) is 0 Å². The molecule has 0 heterocycles. The highest BCUT2D eigenvalue weighted by Gasteiger charge is 2.00. The third kappa shape index (κ3) is 5.14. The first-order valence-electron chi connectivity index (χ1n) is 4.91. The highest BCUT2D eigenvalue weighted by atomic mass is 16.2. The van der Waals surface area contributed by atoms with Crippen LogP contribution in [-0.4, -0.2) is 11.8 Å². The summed E-state index contributed by atoms with van der Waals surface area (Å²) in [5.74, 6) is -1.01. The van der Waals surface area contributed by atoms with Gasteiger partial charge in [-0.3, -0.25) is 20.4 Å². The molecule has 2 amide bonds. The number of hydrazine groups is 1. The Hall–Kier alpha value is -2.61. The van der Waals surface area contributed by atoms with Gasteiger partial charge in [-0.2, -0.15) is 5.26 Å². The molecule has 0 saturated heterocycles. The minimum Gasteiger partial charge on any atom is -0.272 e. The average Bonchev–Trinajstić information content (AvgIpc) is 2.35. The van der Waals surface area contributed by atoms with E-state index in [9.17, 15) is 9.59 Å². The number of carbonyl (C=O) groups is 2. The molecule has 0 radical (unpaired) electrons. The van der Waals surface area contributed by atoms with Gasteiger partial charge < -0.3 is 0 Å². The second-order valence-corrected chi connectivity index (χ2v) is 3.12. The van der Waals surface area contributed by atoms with Crippen molar-refractivity contribution < 1.29 is 9.59 Å². The van der Waals surface area contributed by atoms with Gasteiger partial charge in [-0.1, -0.05) is 30.3 Å². The van der Waals surface area contributed by atoms with Gasteiger partial charge >= 0.3 is 0 Å². The van der Waals surface area contributed by atoms with E-state index in [1.165, 1.54) is 6.08 Å². The Labute approximate surface area is 98.7 Å². The molecule has 0 aromatic heterocycles. The molecule has 0 fully saturated rings. The first-order chi connectivity index (χ1) is 8.22. The maximum Gasteiger partial charge on any atom is 0.262 e. The standard InChI is InChI=1S/C12H11N3O2/c13-9-8-12(17)15-14-11(16)7-6-10-4-2-1-3-5-10/h1-7H,8H2,(H,14,16)(H,15,17). The molecule has 5 nitrogen and oxygen atoms in total. The number of benzene rings is 1. The lowest BCUT2D eigenvalue weighted by molar-refractivity contribution is -0.126. The Morgan fingerprint density at radius 3 is 2.59 bits per heavy atom. The lowest BCUT2D eigenvalue weighted by Crippen LogP contribution is -2.40. The summed E-state index contributed by atoms with van der Waals surface area (Å²) in [6.07, 6.45) is 2.62. The van der Waals surface area contributed by atoms with Crippen LogP contribution < -0.4 is 10.9 Å². The van der Waals surface area contributed by atoms with Gasteiger partial charge in [0.2, 0.25) is 0 Å². The van der Waals surface area contributed by atoms with E-state index in [1.54, 1.807) is 12.1 Å². The molecule has 0 bridgehead atoms. The van der Waals surface area contributed by atoms with Gasteiger partial charge in [-0.05, 0) is 11.6 Å². The maximum absolute atomic E-state index is 11.2. The van der Waals surface area contributed by atoms with E-state index < -0.39 is 11.8 Å². The number of rotatable bonds is 3. The van der Waals surface area contributed by atoms with E-state index in [0.29, 0.717) is 0 Å². The summed E-state index contributed by atoms with van der Waals surface area (Å²) in [5, 5.41) is 8.22. The average molecular weight is 229 g/mol. The smallest absolute Gasteiger partial charge is 0.262 e. The van der Waals surface area contributed by atoms with E-state index >= 15 is 0 Å². The molecule has 0 saturated carbocycles. The van der Waals surface area contributed by atoms with Crippen molar-refractivity contribution in [3.05, 3.63) is 42.0 Å². The zero-order valence-electron chi connectivity index (χ0n) is 9.01. The largest absolute Gasteiger partial charge is 0.272 e. The predicted molar refractivity (Wildman–Crippen MR) is 62.0 cm³/mol. The van der Waals surface area contributed by atoms with Crippen LogP contribution in [0.3, 0.4) is 0 Å². The first-order valence-corrected chi connectivity index (χ1v) is 4.91. The second kappa shape index (κ2) is 6.80. The van der Waals surface area contributed by atoms with Crippen LogP contribution in [0, 0.1) is 11.3 Å². The molecule has 0 spiro atoms. The summed E-state index contributed by atoms with van der Waals surface area (Å²) in [7, 11) is 0. The molecule has 0 unspecified atom stereocenters. The monoisotopic (exact) mass is 229 g/mol. The molecule has 1 aromatic rings. The number of amides is 2. The summed E-state index contributed by atoms with van der Waals surface area (Å²) in [6.45, 7) is 0. The summed E-state index contributed by atoms with van der Waals surface area (Å²) >= 11 is 0. The van der Waals surface area contributed by atoms with E-state index in [4.69, 9.17) is 5.26 Å². The van der Waals surface area contributed by atoms with E-state index in [0.717, 1.165) is 5.56 Å². The van der Waals surface area contributed by atoms with Crippen molar-refractivity contribution in [2.45, 2.75) is 6.42 Å². The third-order valence-electron chi connectivity index (χ3n) is 1.79. The second-order valence-electron chi connectivity index (χ2n) is 3.12. The Balaban J connectivity index is 2.38. The zero-order valence-corrected chi connectivity index (χ0v) is 9.01. The lowest BCUT2D eigenvalue weighted by atomic mass is 10.2. The van der Waals surface area contributed by atoms with Crippen LogP contribution in [0.25, 0.3) is 6.08 Å². The van der Waals surface area contributed by atoms with Crippen LogP contribution in [0.15, 0.2) is 36.4 Å². The molecular weight excluding hydrogens is 218 g/mol. The number of nitrogens with zero attached hydrogens (tertiary/aromatic N) is 1. The normalized spacial score (nSPS) is 9.59. The highest BCUT2D eigenvalue weighted by Crippen LogP contribution is 2.00. The van der Waals surface area contributed by atoms with Crippen LogP contribution >= 0.6 is 0 Å². The van der Waals surface area contributed by atoms with Crippen molar-refractivity contribution >= 4 is 17.9 Å². The molecule has 0 aliphatic heterocycles. The van der Waals surface area contributed by atoms with Gasteiger partial charge in [0.05, 0.1) is 6.07 Å².